The fraction of sp³-hybridized carbons (Fsp3) is 0.0714. The Balaban J connectivity index is 2.05. The molecular weight excluding hydrogens is 261 g/mol. The number of nitrogens with one attached hydrogen (secondary N) is 1. The second kappa shape index (κ2) is 5.80. The SMILES string of the molecule is N#Cc1cc(NCc2ccc([N+](=O)[O-])cc2)ccc1F. The summed E-state index contributed by atoms with van der Waals surface area (Å²) in [7, 11) is 0. The highest BCUT2D eigenvalue weighted by molar-refractivity contribution is 5.50. The monoisotopic (exact) mass is 271 g/mol. The van der Waals surface area contributed by atoms with Gasteiger partial charge in [-0.15, -0.1) is 0 Å². The van der Waals surface area contributed by atoms with Crippen LogP contribution in [0, 0.1) is 27.3 Å². The quantitative estimate of drug-likeness (QED) is 0.684. The summed E-state index contributed by atoms with van der Waals surface area (Å²) >= 11 is 0. The lowest BCUT2D eigenvalue weighted by molar-refractivity contribution is -0.384. The van der Waals surface area contributed by atoms with E-state index in [2.05, 4.69) is 5.32 Å². The van der Waals surface area contributed by atoms with Crippen LogP contribution < -0.4 is 5.32 Å². The van der Waals surface area contributed by atoms with Crippen molar-refractivity contribution in [3.8, 4) is 6.07 Å². The highest BCUT2D eigenvalue weighted by Crippen LogP contribution is 2.16. The van der Waals surface area contributed by atoms with Crippen molar-refractivity contribution < 1.29 is 9.31 Å². The summed E-state index contributed by atoms with van der Waals surface area (Å²) in [5.74, 6) is -0.562. The molecule has 0 heterocycles. The molecule has 6 heteroatoms. The van der Waals surface area contributed by atoms with Crippen molar-refractivity contribution >= 4 is 11.4 Å². The van der Waals surface area contributed by atoms with Gasteiger partial charge in [-0.3, -0.25) is 10.1 Å². The van der Waals surface area contributed by atoms with E-state index >= 15 is 0 Å². The van der Waals surface area contributed by atoms with Gasteiger partial charge in [0.2, 0.25) is 0 Å². The molecule has 0 aliphatic carbocycles. The van der Waals surface area contributed by atoms with Gasteiger partial charge in [-0.2, -0.15) is 5.26 Å². The molecular formula is C14H10FN3O2. The molecule has 5 nitrogen and oxygen atoms in total. The third-order valence-corrected chi connectivity index (χ3v) is 2.73. The number of nitro groups is 1. The number of hydrogen-bond acceptors (Lipinski definition) is 4. The zero-order valence-corrected chi connectivity index (χ0v) is 10.3. The number of benzene rings is 2. The van der Waals surface area contributed by atoms with E-state index in [0.29, 0.717) is 12.2 Å². The summed E-state index contributed by atoms with van der Waals surface area (Å²) in [6.45, 7) is 0.425. The molecule has 2 aromatic carbocycles. The summed E-state index contributed by atoms with van der Waals surface area (Å²) in [6, 6.07) is 12.0. The largest absolute Gasteiger partial charge is 0.381 e. The fourth-order valence-electron chi connectivity index (χ4n) is 1.66. The van der Waals surface area contributed by atoms with Crippen molar-refractivity contribution in [1.82, 2.24) is 0 Å². The van der Waals surface area contributed by atoms with Crippen LogP contribution in [0.2, 0.25) is 0 Å². The van der Waals surface area contributed by atoms with Gasteiger partial charge in [-0.05, 0) is 23.8 Å². The maximum Gasteiger partial charge on any atom is 0.269 e. The molecule has 0 saturated carbocycles. The highest BCUT2D eigenvalue weighted by Gasteiger charge is 2.05. The molecule has 0 saturated heterocycles. The summed E-state index contributed by atoms with van der Waals surface area (Å²) in [4.78, 5) is 10.1. The maximum absolute atomic E-state index is 13.1. The lowest BCUT2D eigenvalue weighted by atomic mass is 10.2. The molecule has 2 rings (SSSR count). The molecule has 0 amide bonds. The predicted octanol–water partition coefficient (Wildman–Crippen LogP) is 3.22. The molecule has 0 fully saturated rings. The van der Waals surface area contributed by atoms with Crippen LogP contribution in [0.1, 0.15) is 11.1 Å². The molecule has 0 spiro atoms. The Morgan fingerprint density at radius 3 is 2.55 bits per heavy atom. The predicted molar refractivity (Wildman–Crippen MR) is 71.5 cm³/mol. The number of halogens is 1. The van der Waals surface area contributed by atoms with Crippen molar-refractivity contribution in [2.75, 3.05) is 5.32 Å². The maximum atomic E-state index is 13.1. The van der Waals surface area contributed by atoms with Crippen LogP contribution in [-0.4, -0.2) is 4.92 Å². The number of nitriles is 1. The van der Waals surface area contributed by atoms with E-state index in [1.54, 1.807) is 18.2 Å². The number of rotatable bonds is 4. The first-order chi connectivity index (χ1) is 9.60. The van der Waals surface area contributed by atoms with E-state index in [1.165, 1.54) is 30.3 Å². The van der Waals surface area contributed by atoms with E-state index in [0.717, 1.165) is 5.56 Å². The topological polar surface area (TPSA) is 79.0 Å². The molecule has 0 aliphatic rings. The van der Waals surface area contributed by atoms with Crippen LogP contribution in [0.15, 0.2) is 42.5 Å². The van der Waals surface area contributed by atoms with Crippen molar-refractivity contribution in [1.29, 1.82) is 5.26 Å². The fourth-order valence-corrected chi connectivity index (χ4v) is 1.66. The van der Waals surface area contributed by atoms with Crippen LogP contribution in [0.3, 0.4) is 0 Å². The lowest BCUT2D eigenvalue weighted by Gasteiger charge is -2.07. The van der Waals surface area contributed by atoms with Crippen LogP contribution in [0.4, 0.5) is 15.8 Å². The lowest BCUT2D eigenvalue weighted by Crippen LogP contribution is -2.00. The van der Waals surface area contributed by atoms with Gasteiger partial charge in [0.1, 0.15) is 11.9 Å². The third kappa shape index (κ3) is 3.09. The standard InChI is InChI=1S/C14H10FN3O2/c15-14-6-3-12(7-11(14)8-16)17-9-10-1-4-13(5-2-10)18(19)20/h1-7,17H,9H2. The first-order valence-electron chi connectivity index (χ1n) is 5.77. The summed E-state index contributed by atoms with van der Waals surface area (Å²) < 4.78 is 13.1. The van der Waals surface area contributed by atoms with E-state index < -0.39 is 10.7 Å². The molecule has 0 bridgehead atoms. The molecule has 1 N–H and O–H groups in total. The minimum atomic E-state index is -0.562. The van der Waals surface area contributed by atoms with Gasteiger partial charge in [-0.1, -0.05) is 12.1 Å². The van der Waals surface area contributed by atoms with Crippen molar-refractivity contribution in [3.63, 3.8) is 0 Å². The smallest absolute Gasteiger partial charge is 0.269 e. The second-order valence-electron chi connectivity index (χ2n) is 4.08. The van der Waals surface area contributed by atoms with Crippen LogP contribution >= 0.6 is 0 Å². The minimum Gasteiger partial charge on any atom is -0.381 e. The number of hydrogen-bond donors (Lipinski definition) is 1. The van der Waals surface area contributed by atoms with E-state index in [1.807, 2.05) is 0 Å². The summed E-state index contributed by atoms with van der Waals surface area (Å²) in [5.41, 5.74) is 1.46. The Morgan fingerprint density at radius 1 is 1.25 bits per heavy atom. The summed E-state index contributed by atoms with van der Waals surface area (Å²) in [5, 5.41) is 22.3. The van der Waals surface area contributed by atoms with Crippen LogP contribution in [-0.2, 0) is 6.54 Å². The van der Waals surface area contributed by atoms with Gasteiger partial charge < -0.3 is 5.32 Å². The van der Waals surface area contributed by atoms with Crippen molar-refractivity contribution in [2.24, 2.45) is 0 Å². The van der Waals surface area contributed by atoms with Gasteiger partial charge in [0, 0.05) is 24.4 Å². The number of nitrogens with zero attached hydrogens (tertiary/aromatic N) is 2. The number of anilines is 1. The molecule has 0 aliphatic heterocycles. The Kier molecular flexibility index (Phi) is 3.91. The zero-order chi connectivity index (χ0) is 14.5. The average Bonchev–Trinajstić information content (AvgIpc) is 2.46. The molecule has 0 radical (unpaired) electrons. The first kappa shape index (κ1) is 13.5. The van der Waals surface area contributed by atoms with Crippen molar-refractivity contribution in [2.45, 2.75) is 6.54 Å². The Hall–Kier alpha value is -2.94. The van der Waals surface area contributed by atoms with Gasteiger partial charge >= 0.3 is 0 Å². The van der Waals surface area contributed by atoms with Gasteiger partial charge in [-0.25, -0.2) is 4.39 Å². The first-order valence-corrected chi connectivity index (χ1v) is 5.77. The molecule has 20 heavy (non-hydrogen) atoms. The van der Waals surface area contributed by atoms with E-state index in [-0.39, 0.29) is 11.3 Å². The third-order valence-electron chi connectivity index (χ3n) is 2.73. The van der Waals surface area contributed by atoms with E-state index in [9.17, 15) is 14.5 Å². The van der Waals surface area contributed by atoms with Crippen LogP contribution in [0.5, 0.6) is 0 Å². The summed E-state index contributed by atoms with van der Waals surface area (Å²) in [6.07, 6.45) is 0. The molecule has 0 aromatic heterocycles. The molecule has 2 aromatic rings. The van der Waals surface area contributed by atoms with Gasteiger partial charge in [0.05, 0.1) is 10.5 Å². The minimum absolute atomic E-state index is 0.0290. The second-order valence-corrected chi connectivity index (χ2v) is 4.08. The average molecular weight is 271 g/mol. The Labute approximate surface area is 114 Å². The molecule has 100 valence electrons. The molecule has 0 unspecified atom stereocenters. The van der Waals surface area contributed by atoms with Crippen molar-refractivity contribution in [3.05, 3.63) is 69.5 Å². The van der Waals surface area contributed by atoms with E-state index in [4.69, 9.17) is 5.26 Å². The Morgan fingerprint density at radius 2 is 1.95 bits per heavy atom. The number of nitro benzene ring substituents is 1. The normalized spacial score (nSPS) is 9.80. The van der Waals surface area contributed by atoms with Gasteiger partial charge in [0.15, 0.2) is 0 Å². The zero-order valence-electron chi connectivity index (χ0n) is 10.3. The van der Waals surface area contributed by atoms with Crippen LogP contribution in [0.25, 0.3) is 0 Å². The Bertz CT molecular complexity index is 678. The van der Waals surface area contributed by atoms with Gasteiger partial charge in [0.25, 0.3) is 5.69 Å². The molecule has 0 atom stereocenters. The number of non-ortho nitro benzene ring substituents is 1. The highest BCUT2D eigenvalue weighted by atomic mass is 19.1.